The molecule has 4 rings (SSSR count). The van der Waals surface area contributed by atoms with E-state index in [9.17, 15) is 9.59 Å². The van der Waals surface area contributed by atoms with Crippen LogP contribution in [0, 0.1) is 5.41 Å². The maximum atomic E-state index is 12.8. The number of amides is 1. The molecule has 31 heavy (non-hydrogen) atoms. The number of Topliss-reactive ketones (excluding diaryl/α,β-unsaturated/α-hetero) is 1. The Balaban J connectivity index is 1.38. The highest BCUT2D eigenvalue weighted by Crippen LogP contribution is 2.37. The van der Waals surface area contributed by atoms with Crippen molar-refractivity contribution >= 4 is 29.1 Å². The van der Waals surface area contributed by atoms with Crippen molar-refractivity contribution in [1.29, 1.82) is 0 Å². The largest absolute Gasteiger partial charge is 0.326 e. The standard InChI is InChI=1S/C27H27NO2S/c1-27(2,3)16-26(30)28-21-8-6-9-22(15-21)31-17-25(29)19-11-12-24-20(14-19)13-18-7-4-5-10-23(18)24/h4-12,14-15H,13,16-17H2,1-3H3,(H,28,30). The fraction of sp³-hybridized carbons (Fsp3) is 0.259. The van der Waals surface area contributed by atoms with E-state index in [0.29, 0.717) is 12.2 Å². The Bertz CT molecular complexity index is 1140. The van der Waals surface area contributed by atoms with E-state index >= 15 is 0 Å². The molecule has 3 aromatic carbocycles. The highest BCUT2D eigenvalue weighted by atomic mass is 32.2. The number of ketones is 1. The third-order valence-electron chi connectivity index (χ3n) is 5.29. The molecule has 0 heterocycles. The summed E-state index contributed by atoms with van der Waals surface area (Å²) < 4.78 is 0. The third-order valence-corrected chi connectivity index (χ3v) is 6.29. The zero-order valence-corrected chi connectivity index (χ0v) is 19.0. The van der Waals surface area contributed by atoms with Crippen LogP contribution in [0.25, 0.3) is 11.1 Å². The van der Waals surface area contributed by atoms with Crippen molar-refractivity contribution in [3.63, 3.8) is 0 Å². The van der Waals surface area contributed by atoms with Crippen LogP contribution >= 0.6 is 11.8 Å². The topological polar surface area (TPSA) is 46.2 Å². The molecule has 0 saturated carbocycles. The maximum absolute atomic E-state index is 12.8. The molecular weight excluding hydrogens is 402 g/mol. The minimum absolute atomic E-state index is 0.00450. The molecule has 3 nitrogen and oxygen atoms in total. The summed E-state index contributed by atoms with van der Waals surface area (Å²) in [5.74, 6) is 0.487. The first kappa shape index (κ1) is 21.4. The van der Waals surface area contributed by atoms with E-state index in [0.717, 1.165) is 22.6 Å². The number of nitrogens with one attached hydrogen (secondary N) is 1. The van der Waals surface area contributed by atoms with Crippen LogP contribution in [0.3, 0.4) is 0 Å². The van der Waals surface area contributed by atoms with Gasteiger partial charge in [-0.3, -0.25) is 9.59 Å². The Morgan fingerprint density at radius 1 is 0.903 bits per heavy atom. The summed E-state index contributed by atoms with van der Waals surface area (Å²) in [4.78, 5) is 26.0. The Morgan fingerprint density at radius 2 is 1.68 bits per heavy atom. The molecule has 0 atom stereocenters. The smallest absolute Gasteiger partial charge is 0.224 e. The number of carbonyl (C=O) groups excluding carboxylic acids is 2. The second kappa shape index (κ2) is 8.72. The van der Waals surface area contributed by atoms with Crippen LogP contribution in [-0.4, -0.2) is 17.4 Å². The highest BCUT2D eigenvalue weighted by Gasteiger charge is 2.19. The van der Waals surface area contributed by atoms with Gasteiger partial charge in [-0.15, -0.1) is 11.8 Å². The molecule has 4 heteroatoms. The van der Waals surface area contributed by atoms with E-state index in [4.69, 9.17) is 0 Å². The Labute approximate surface area is 188 Å². The van der Waals surface area contributed by atoms with Crippen molar-refractivity contribution in [2.45, 2.75) is 38.5 Å². The van der Waals surface area contributed by atoms with Gasteiger partial charge in [0.25, 0.3) is 0 Å². The molecule has 0 bridgehead atoms. The van der Waals surface area contributed by atoms with E-state index in [2.05, 4.69) is 35.6 Å². The molecule has 0 aliphatic heterocycles. The molecule has 0 unspecified atom stereocenters. The van der Waals surface area contributed by atoms with Gasteiger partial charge < -0.3 is 5.32 Å². The second-order valence-electron chi connectivity index (χ2n) is 9.23. The van der Waals surface area contributed by atoms with Gasteiger partial charge >= 0.3 is 0 Å². The normalized spacial score (nSPS) is 12.2. The number of carbonyl (C=O) groups is 2. The molecule has 0 radical (unpaired) electrons. The molecule has 0 aromatic heterocycles. The lowest BCUT2D eigenvalue weighted by molar-refractivity contribution is -0.117. The molecule has 1 aliphatic carbocycles. The molecular formula is C27H27NO2S. The van der Waals surface area contributed by atoms with Crippen LogP contribution in [0.4, 0.5) is 5.69 Å². The summed E-state index contributed by atoms with van der Waals surface area (Å²) in [6.45, 7) is 6.13. The zero-order valence-electron chi connectivity index (χ0n) is 18.2. The molecule has 1 N–H and O–H groups in total. The first-order valence-electron chi connectivity index (χ1n) is 10.6. The van der Waals surface area contributed by atoms with E-state index in [1.54, 1.807) is 0 Å². The predicted octanol–water partition coefficient (Wildman–Crippen LogP) is 6.61. The minimum Gasteiger partial charge on any atom is -0.326 e. The number of hydrogen-bond donors (Lipinski definition) is 1. The number of hydrogen-bond acceptors (Lipinski definition) is 3. The van der Waals surface area contributed by atoms with Gasteiger partial charge in [0.1, 0.15) is 0 Å². The average Bonchev–Trinajstić information content (AvgIpc) is 3.08. The van der Waals surface area contributed by atoms with Crippen molar-refractivity contribution in [2.24, 2.45) is 5.41 Å². The van der Waals surface area contributed by atoms with Crippen molar-refractivity contribution < 1.29 is 9.59 Å². The summed E-state index contributed by atoms with van der Waals surface area (Å²) in [7, 11) is 0. The van der Waals surface area contributed by atoms with Crippen molar-refractivity contribution in [3.8, 4) is 11.1 Å². The SMILES string of the molecule is CC(C)(C)CC(=O)Nc1cccc(SCC(=O)c2ccc3c(c2)Cc2ccccc2-3)c1. The van der Waals surface area contributed by atoms with Crippen LogP contribution in [0.15, 0.2) is 71.6 Å². The summed E-state index contributed by atoms with van der Waals surface area (Å²) in [6, 6.07) is 22.2. The molecule has 3 aromatic rings. The fourth-order valence-corrected chi connectivity index (χ4v) is 4.75. The molecule has 0 fully saturated rings. The van der Waals surface area contributed by atoms with Crippen molar-refractivity contribution in [1.82, 2.24) is 0 Å². The molecule has 0 saturated heterocycles. The van der Waals surface area contributed by atoms with Gasteiger partial charge in [-0.2, -0.15) is 0 Å². The van der Waals surface area contributed by atoms with Gasteiger partial charge in [0, 0.05) is 22.6 Å². The quantitative estimate of drug-likeness (QED) is 0.277. The first-order chi connectivity index (χ1) is 14.8. The number of fused-ring (bicyclic) bond motifs is 3. The average molecular weight is 430 g/mol. The van der Waals surface area contributed by atoms with Gasteiger partial charge in [-0.1, -0.05) is 63.2 Å². The molecule has 158 valence electrons. The van der Waals surface area contributed by atoms with Crippen LogP contribution in [0.1, 0.15) is 48.7 Å². The number of thioether (sulfide) groups is 1. The minimum atomic E-state index is -0.0555. The molecule has 1 amide bonds. The molecule has 1 aliphatic rings. The Kier molecular flexibility index (Phi) is 6.01. The van der Waals surface area contributed by atoms with E-state index in [1.807, 2.05) is 57.2 Å². The van der Waals surface area contributed by atoms with E-state index in [1.165, 1.54) is 34.0 Å². The molecule has 0 spiro atoms. The summed E-state index contributed by atoms with van der Waals surface area (Å²) in [5, 5.41) is 2.96. The second-order valence-corrected chi connectivity index (χ2v) is 10.3. The van der Waals surface area contributed by atoms with Crippen LogP contribution < -0.4 is 5.32 Å². The highest BCUT2D eigenvalue weighted by molar-refractivity contribution is 8.00. The maximum Gasteiger partial charge on any atom is 0.224 e. The lowest BCUT2D eigenvalue weighted by Crippen LogP contribution is -2.19. The van der Waals surface area contributed by atoms with E-state index in [-0.39, 0.29) is 17.1 Å². The summed E-state index contributed by atoms with van der Waals surface area (Å²) in [6.07, 6.45) is 1.35. The van der Waals surface area contributed by atoms with Crippen LogP contribution in [0.5, 0.6) is 0 Å². The summed E-state index contributed by atoms with van der Waals surface area (Å²) in [5.41, 5.74) is 6.52. The van der Waals surface area contributed by atoms with Crippen LogP contribution in [0.2, 0.25) is 0 Å². The van der Waals surface area contributed by atoms with Gasteiger partial charge in [0.15, 0.2) is 5.78 Å². The lowest BCUT2D eigenvalue weighted by Gasteiger charge is -2.17. The van der Waals surface area contributed by atoms with E-state index < -0.39 is 0 Å². The number of anilines is 1. The van der Waals surface area contributed by atoms with Gasteiger partial charge in [0.05, 0.1) is 5.75 Å². The Hall–Kier alpha value is -2.85. The van der Waals surface area contributed by atoms with Crippen molar-refractivity contribution in [3.05, 3.63) is 83.4 Å². The number of rotatable bonds is 6. The first-order valence-corrected chi connectivity index (χ1v) is 11.5. The van der Waals surface area contributed by atoms with Crippen molar-refractivity contribution in [2.75, 3.05) is 11.1 Å². The Morgan fingerprint density at radius 3 is 2.48 bits per heavy atom. The van der Waals surface area contributed by atoms with Gasteiger partial charge in [-0.25, -0.2) is 0 Å². The monoisotopic (exact) mass is 429 g/mol. The third kappa shape index (κ3) is 5.26. The zero-order chi connectivity index (χ0) is 22.0. The van der Waals surface area contributed by atoms with Gasteiger partial charge in [-0.05, 0) is 58.4 Å². The summed E-state index contributed by atoms with van der Waals surface area (Å²) >= 11 is 1.50. The van der Waals surface area contributed by atoms with Crippen LogP contribution in [-0.2, 0) is 11.2 Å². The fourth-order valence-electron chi connectivity index (χ4n) is 3.90. The number of benzene rings is 3. The lowest BCUT2D eigenvalue weighted by atomic mass is 9.92. The predicted molar refractivity (Wildman–Crippen MR) is 129 cm³/mol. The van der Waals surface area contributed by atoms with Gasteiger partial charge in [0.2, 0.25) is 5.91 Å².